The number of halogens is 1. The summed E-state index contributed by atoms with van der Waals surface area (Å²) in [7, 11) is 0. The Morgan fingerprint density at radius 2 is 1.86 bits per heavy atom. The van der Waals surface area contributed by atoms with Crippen LogP contribution in [0.25, 0.3) is 0 Å². The van der Waals surface area contributed by atoms with Crippen LogP contribution < -0.4 is 5.32 Å². The van der Waals surface area contributed by atoms with E-state index in [4.69, 9.17) is 0 Å². The lowest BCUT2D eigenvalue weighted by atomic mass is 10.00. The molecule has 0 spiro atoms. The van der Waals surface area contributed by atoms with Gasteiger partial charge in [0, 0.05) is 45.3 Å². The lowest BCUT2D eigenvalue weighted by Gasteiger charge is -2.32. The molecule has 2 fully saturated rings. The van der Waals surface area contributed by atoms with Gasteiger partial charge in [0.2, 0.25) is 5.91 Å². The summed E-state index contributed by atoms with van der Waals surface area (Å²) >= 11 is 0. The Kier molecular flexibility index (Phi) is 6.24. The molecule has 122 valence electrons. The Morgan fingerprint density at radius 3 is 2.55 bits per heavy atom. The zero-order valence-corrected chi connectivity index (χ0v) is 14.0. The summed E-state index contributed by atoms with van der Waals surface area (Å²) in [6.45, 7) is 8.20. The monoisotopic (exact) mass is 323 g/mol. The fourth-order valence-corrected chi connectivity index (χ4v) is 3.45. The van der Waals surface area contributed by atoms with Gasteiger partial charge in [0.15, 0.2) is 0 Å². The number of rotatable bonds is 3. The van der Waals surface area contributed by atoms with Gasteiger partial charge in [-0.1, -0.05) is 30.3 Å². The van der Waals surface area contributed by atoms with E-state index < -0.39 is 0 Å². The maximum atomic E-state index is 12.7. The molecule has 2 aliphatic heterocycles. The summed E-state index contributed by atoms with van der Waals surface area (Å²) in [5.41, 5.74) is 1.12. The van der Waals surface area contributed by atoms with E-state index in [0.717, 1.165) is 51.3 Å². The maximum Gasteiger partial charge on any atom is 0.229 e. The lowest BCUT2D eigenvalue weighted by Crippen LogP contribution is -2.49. The zero-order valence-electron chi connectivity index (χ0n) is 13.2. The number of nitrogens with one attached hydrogen (secondary N) is 1. The molecular formula is C17H26ClN3O. The van der Waals surface area contributed by atoms with Gasteiger partial charge in [-0.2, -0.15) is 0 Å². The molecular weight excluding hydrogens is 298 g/mol. The first-order chi connectivity index (χ1) is 10.3. The van der Waals surface area contributed by atoms with Gasteiger partial charge in [0.1, 0.15) is 0 Å². The highest BCUT2D eigenvalue weighted by atomic mass is 35.5. The van der Waals surface area contributed by atoms with Crippen molar-refractivity contribution in [1.82, 2.24) is 15.1 Å². The van der Waals surface area contributed by atoms with E-state index in [2.05, 4.69) is 15.1 Å². The molecule has 3 rings (SSSR count). The fraction of sp³-hybridized carbons (Fsp3) is 0.588. The number of carbonyl (C=O) groups is 1. The number of amides is 1. The van der Waals surface area contributed by atoms with Gasteiger partial charge >= 0.3 is 0 Å². The Bertz CT molecular complexity index is 476. The molecule has 0 aromatic heterocycles. The van der Waals surface area contributed by atoms with Crippen molar-refractivity contribution >= 4 is 18.3 Å². The second-order valence-corrected chi connectivity index (χ2v) is 6.15. The maximum absolute atomic E-state index is 12.7. The second-order valence-electron chi connectivity index (χ2n) is 6.15. The summed E-state index contributed by atoms with van der Waals surface area (Å²) in [4.78, 5) is 17.3. The zero-order chi connectivity index (χ0) is 14.7. The lowest BCUT2D eigenvalue weighted by molar-refractivity contribution is -0.131. The minimum atomic E-state index is -0.0343. The third-order valence-electron chi connectivity index (χ3n) is 4.81. The molecule has 2 aliphatic rings. The summed E-state index contributed by atoms with van der Waals surface area (Å²) in [6, 6.07) is 10.7. The minimum absolute atomic E-state index is 0. The van der Waals surface area contributed by atoms with Crippen LogP contribution >= 0.6 is 12.4 Å². The number of nitrogens with zero attached hydrogens (tertiary/aromatic N) is 2. The van der Waals surface area contributed by atoms with Crippen LogP contribution in [0.2, 0.25) is 0 Å². The molecule has 5 heteroatoms. The topological polar surface area (TPSA) is 35.6 Å². The van der Waals surface area contributed by atoms with E-state index >= 15 is 0 Å². The minimum Gasteiger partial charge on any atom is -0.341 e. The number of carbonyl (C=O) groups excluding carboxylic acids is 1. The largest absolute Gasteiger partial charge is 0.341 e. The first-order valence-electron chi connectivity index (χ1n) is 8.04. The smallest absolute Gasteiger partial charge is 0.229 e. The molecule has 0 radical (unpaired) electrons. The van der Waals surface area contributed by atoms with E-state index in [1.807, 2.05) is 37.3 Å². The molecule has 1 aromatic rings. The fourth-order valence-electron chi connectivity index (χ4n) is 3.45. The third-order valence-corrected chi connectivity index (χ3v) is 4.81. The molecule has 1 amide bonds. The first kappa shape index (κ1) is 17.3. The van der Waals surface area contributed by atoms with Crippen LogP contribution in [0.4, 0.5) is 0 Å². The highest BCUT2D eigenvalue weighted by Gasteiger charge is 2.32. The van der Waals surface area contributed by atoms with Gasteiger partial charge in [0.05, 0.1) is 5.92 Å². The first-order valence-corrected chi connectivity index (χ1v) is 8.04. The molecule has 2 saturated heterocycles. The Morgan fingerprint density at radius 1 is 1.18 bits per heavy atom. The van der Waals surface area contributed by atoms with Crippen molar-refractivity contribution in [3.05, 3.63) is 35.9 Å². The predicted octanol–water partition coefficient (Wildman–Crippen LogP) is 1.72. The van der Waals surface area contributed by atoms with Crippen LogP contribution in [0.3, 0.4) is 0 Å². The summed E-state index contributed by atoms with van der Waals surface area (Å²) in [5, 5.41) is 3.39. The van der Waals surface area contributed by atoms with Crippen LogP contribution in [0.1, 0.15) is 24.8 Å². The number of hydrogen-bond acceptors (Lipinski definition) is 3. The SMILES string of the molecule is CC(C(=O)N1CCC(N2CCNCC2)C1)c1ccccc1.Cl. The molecule has 2 unspecified atom stereocenters. The number of hydrogen-bond donors (Lipinski definition) is 1. The normalized spacial score (nSPS) is 23.9. The molecule has 1 aromatic carbocycles. The quantitative estimate of drug-likeness (QED) is 0.920. The van der Waals surface area contributed by atoms with E-state index in [1.54, 1.807) is 0 Å². The van der Waals surface area contributed by atoms with Gasteiger partial charge in [-0.3, -0.25) is 9.69 Å². The average molecular weight is 324 g/mol. The van der Waals surface area contributed by atoms with Crippen LogP contribution in [0.5, 0.6) is 0 Å². The average Bonchev–Trinajstić information content (AvgIpc) is 3.05. The van der Waals surface area contributed by atoms with Crippen molar-refractivity contribution in [3.8, 4) is 0 Å². The molecule has 0 bridgehead atoms. The van der Waals surface area contributed by atoms with E-state index in [1.165, 1.54) is 0 Å². The van der Waals surface area contributed by atoms with E-state index in [-0.39, 0.29) is 24.2 Å². The van der Waals surface area contributed by atoms with Crippen LogP contribution in [0.15, 0.2) is 30.3 Å². The molecule has 22 heavy (non-hydrogen) atoms. The van der Waals surface area contributed by atoms with Crippen LogP contribution in [-0.4, -0.2) is 61.0 Å². The van der Waals surface area contributed by atoms with Crippen molar-refractivity contribution < 1.29 is 4.79 Å². The van der Waals surface area contributed by atoms with Crippen molar-refractivity contribution in [3.63, 3.8) is 0 Å². The number of piperazine rings is 1. The van der Waals surface area contributed by atoms with E-state index in [0.29, 0.717) is 6.04 Å². The Balaban J connectivity index is 0.00000176. The molecule has 0 saturated carbocycles. The molecule has 1 N–H and O–H groups in total. The van der Waals surface area contributed by atoms with Crippen molar-refractivity contribution in [2.24, 2.45) is 0 Å². The van der Waals surface area contributed by atoms with Crippen LogP contribution in [-0.2, 0) is 4.79 Å². The molecule has 0 aliphatic carbocycles. The Labute approximate surface area is 139 Å². The van der Waals surface area contributed by atoms with Gasteiger partial charge in [0.25, 0.3) is 0 Å². The van der Waals surface area contributed by atoms with Crippen LogP contribution in [0, 0.1) is 0 Å². The highest BCUT2D eigenvalue weighted by molar-refractivity contribution is 5.85. The van der Waals surface area contributed by atoms with Gasteiger partial charge in [-0.05, 0) is 18.9 Å². The standard InChI is InChI=1S/C17H25N3O.ClH/c1-14(15-5-3-2-4-6-15)17(21)20-10-7-16(13-20)19-11-8-18-9-12-19;/h2-6,14,16,18H,7-13H2,1H3;1H. The highest BCUT2D eigenvalue weighted by Crippen LogP contribution is 2.23. The summed E-state index contributed by atoms with van der Waals surface area (Å²) in [5.74, 6) is 0.242. The van der Waals surface area contributed by atoms with Crippen molar-refractivity contribution in [2.45, 2.75) is 25.3 Å². The second kappa shape index (κ2) is 7.95. The van der Waals surface area contributed by atoms with Gasteiger partial charge < -0.3 is 10.2 Å². The predicted molar refractivity (Wildman–Crippen MR) is 91.5 cm³/mol. The molecule has 2 atom stereocenters. The van der Waals surface area contributed by atoms with Crippen molar-refractivity contribution in [2.75, 3.05) is 39.3 Å². The number of likely N-dealkylation sites (tertiary alicyclic amines) is 1. The summed E-state index contributed by atoms with van der Waals surface area (Å²) in [6.07, 6.45) is 1.12. The third kappa shape index (κ3) is 3.80. The van der Waals surface area contributed by atoms with Crippen molar-refractivity contribution in [1.29, 1.82) is 0 Å². The van der Waals surface area contributed by atoms with E-state index in [9.17, 15) is 4.79 Å². The number of benzene rings is 1. The van der Waals surface area contributed by atoms with Gasteiger partial charge in [-0.15, -0.1) is 12.4 Å². The molecule has 4 nitrogen and oxygen atoms in total. The molecule has 2 heterocycles. The Hall–Kier alpha value is -1.10. The van der Waals surface area contributed by atoms with Gasteiger partial charge in [-0.25, -0.2) is 0 Å². The summed E-state index contributed by atoms with van der Waals surface area (Å²) < 4.78 is 0.